The first-order chi connectivity index (χ1) is 10.1. The normalized spacial score (nSPS) is 18.0. The van der Waals surface area contributed by atoms with Crippen LogP contribution in [0.25, 0.3) is 0 Å². The van der Waals surface area contributed by atoms with Gasteiger partial charge in [-0.15, -0.1) is 0 Å². The number of nitrogens with one attached hydrogen (secondary N) is 2. The van der Waals surface area contributed by atoms with Crippen LogP contribution in [0.2, 0.25) is 5.02 Å². The number of hydrogen-bond donors (Lipinski definition) is 3. The molecule has 1 aliphatic heterocycles. The lowest BCUT2D eigenvalue weighted by Gasteiger charge is -2.21. The molecule has 5 nitrogen and oxygen atoms in total. The van der Waals surface area contributed by atoms with Gasteiger partial charge >= 0.3 is 6.03 Å². The maximum absolute atomic E-state index is 11.8. The van der Waals surface area contributed by atoms with E-state index >= 15 is 0 Å². The van der Waals surface area contributed by atoms with Gasteiger partial charge in [0, 0.05) is 34.7 Å². The van der Waals surface area contributed by atoms with Crippen molar-refractivity contribution in [2.24, 2.45) is 5.73 Å². The van der Waals surface area contributed by atoms with Crippen LogP contribution < -0.4 is 16.4 Å². The highest BCUT2D eigenvalue weighted by atomic mass is 35.5. The summed E-state index contributed by atoms with van der Waals surface area (Å²) in [5.41, 5.74) is 5.92. The first-order valence-electron chi connectivity index (χ1n) is 6.40. The number of carbonyl (C=O) groups is 2. The average molecular weight is 346 g/mol. The summed E-state index contributed by atoms with van der Waals surface area (Å²) >= 11 is 9.72. The van der Waals surface area contributed by atoms with E-state index in [2.05, 4.69) is 10.6 Å². The second-order valence-corrected chi connectivity index (χ2v) is 7.43. The SMILES string of the molecule is NC(=O)c1ccc(NC(=O)NC[C@H]2CSCCS2)cc1Cl. The summed E-state index contributed by atoms with van der Waals surface area (Å²) in [4.78, 5) is 22.9. The minimum absolute atomic E-state index is 0.222. The highest BCUT2D eigenvalue weighted by Crippen LogP contribution is 2.23. The van der Waals surface area contributed by atoms with Gasteiger partial charge in [-0.3, -0.25) is 4.79 Å². The third-order valence-electron chi connectivity index (χ3n) is 2.87. The molecule has 0 saturated carbocycles. The molecule has 1 aliphatic rings. The molecule has 1 saturated heterocycles. The van der Waals surface area contributed by atoms with Gasteiger partial charge < -0.3 is 16.4 Å². The van der Waals surface area contributed by atoms with Crippen molar-refractivity contribution >= 4 is 52.8 Å². The fourth-order valence-corrected chi connectivity index (χ4v) is 4.71. The Kier molecular flexibility index (Phi) is 6.08. The zero-order valence-corrected chi connectivity index (χ0v) is 13.6. The van der Waals surface area contributed by atoms with E-state index in [0.29, 0.717) is 17.5 Å². The summed E-state index contributed by atoms with van der Waals surface area (Å²) in [7, 11) is 0. The predicted octanol–water partition coefficient (Wildman–Crippen LogP) is 2.41. The van der Waals surface area contributed by atoms with Crippen LogP contribution in [-0.2, 0) is 0 Å². The van der Waals surface area contributed by atoms with Crippen LogP contribution in [0.5, 0.6) is 0 Å². The van der Waals surface area contributed by atoms with Crippen molar-refractivity contribution in [1.82, 2.24) is 5.32 Å². The van der Waals surface area contributed by atoms with Crippen LogP contribution >= 0.6 is 35.1 Å². The van der Waals surface area contributed by atoms with E-state index in [1.807, 2.05) is 23.5 Å². The Hall–Kier alpha value is -1.05. The molecular formula is C13H16ClN3O2S2. The molecule has 0 aromatic heterocycles. The van der Waals surface area contributed by atoms with Crippen molar-refractivity contribution in [3.05, 3.63) is 28.8 Å². The lowest BCUT2D eigenvalue weighted by Crippen LogP contribution is -2.36. The lowest BCUT2D eigenvalue weighted by atomic mass is 10.2. The number of hydrogen-bond acceptors (Lipinski definition) is 4. The van der Waals surface area contributed by atoms with Crippen LogP contribution in [-0.4, -0.2) is 41.0 Å². The van der Waals surface area contributed by atoms with Crippen molar-refractivity contribution in [3.8, 4) is 0 Å². The molecule has 1 heterocycles. The molecule has 0 unspecified atom stereocenters. The summed E-state index contributed by atoms with van der Waals surface area (Å²) in [6, 6.07) is 4.31. The number of anilines is 1. The van der Waals surface area contributed by atoms with Gasteiger partial charge in [-0.25, -0.2) is 4.79 Å². The Morgan fingerprint density at radius 1 is 1.38 bits per heavy atom. The molecule has 2 rings (SSSR count). The highest BCUT2D eigenvalue weighted by molar-refractivity contribution is 8.06. The number of amides is 3. The van der Waals surface area contributed by atoms with Crippen LogP contribution in [0.4, 0.5) is 10.5 Å². The van der Waals surface area contributed by atoms with Gasteiger partial charge in [-0.05, 0) is 18.2 Å². The fraction of sp³-hybridized carbons (Fsp3) is 0.385. The molecule has 114 valence electrons. The molecule has 0 aliphatic carbocycles. The molecule has 4 N–H and O–H groups in total. The Bertz CT molecular complexity index is 536. The Morgan fingerprint density at radius 2 is 2.19 bits per heavy atom. The van der Waals surface area contributed by atoms with E-state index in [9.17, 15) is 9.59 Å². The van der Waals surface area contributed by atoms with E-state index in [1.165, 1.54) is 17.9 Å². The molecule has 1 atom stereocenters. The maximum atomic E-state index is 11.8. The zero-order chi connectivity index (χ0) is 15.2. The number of urea groups is 1. The second kappa shape index (κ2) is 7.82. The minimum atomic E-state index is -0.595. The number of primary amides is 1. The number of halogens is 1. The zero-order valence-electron chi connectivity index (χ0n) is 11.2. The average Bonchev–Trinajstić information content (AvgIpc) is 2.46. The van der Waals surface area contributed by atoms with Crippen LogP contribution in [0.15, 0.2) is 18.2 Å². The molecule has 1 aromatic carbocycles. The molecule has 0 bridgehead atoms. The van der Waals surface area contributed by atoms with Gasteiger partial charge in [0.25, 0.3) is 0 Å². The monoisotopic (exact) mass is 345 g/mol. The first-order valence-corrected chi connectivity index (χ1v) is 8.98. The molecule has 3 amide bonds. The van der Waals surface area contributed by atoms with Gasteiger partial charge in [-0.1, -0.05) is 11.6 Å². The minimum Gasteiger partial charge on any atom is -0.366 e. The third kappa shape index (κ3) is 5.01. The smallest absolute Gasteiger partial charge is 0.319 e. The number of thioether (sulfide) groups is 2. The molecular weight excluding hydrogens is 330 g/mol. The number of nitrogens with two attached hydrogens (primary N) is 1. The predicted molar refractivity (Wildman–Crippen MR) is 90.6 cm³/mol. The molecule has 1 aromatic rings. The summed E-state index contributed by atoms with van der Waals surface area (Å²) < 4.78 is 0. The van der Waals surface area contributed by atoms with Crippen LogP contribution in [0.3, 0.4) is 0 Å². The third-order valence-corrected chi connectivity index (χ3v) is 6.03. The first kappa shape index (κ1) is 16.3. The summed E-state index contributed by atoms with van der Waals surface area (Å²) in [6.07, 6.45) is 0. The summed E-state index contributed by atoms with van der Waals surface area (Å²) in [5, 5.41) is 6.20. The molecule has 0 radical (unpaired) electrons. The topological polar surface area (TPSA) is 84.2 Å². The number of rotatable bonds is 4. The van der Waals surface area contributed by atoms with E-state index in [-0.39, 0.29) is 16.6 Å². The van der Waals surface area contributed by atoms with Crippen molar-refractivity contribution in [2.45, 2.75) is 5.25 Å². The maximum Gasteiger partial charge on any atom is 0.319 e. The molecule has 0 spiro atoms. The number of benzene rings is 1. The van der Waals surface area contributed by atoms with Crippen molar-refractivity contribution in [1.29, 1.82) is 0 Å². The fourth-order valence-electron chi connectivity index (χ4n) is 1.83. The van der Waals surface area contributed by atoms with Crippen LogP contribution in [0, 0.1) is 0 Å². The van der Waals surface area contributed by atoms with E-state index < -0.39 is 5.91 Å². The second-order valence-electron chi connectivity index (χ2n) is 4.46. The van der Waals surface area contributed by atoms with Crippen molar-refractivity contribution in [3.63, 3.8) is 0 Å². The van der Waals surface area contributed by atoms with Crippen molar-refractivity contribution in [2.75, 3.05) is 29.1 Å². The molecule has 21 heavy (non-hydrogen) atoms. The summed E-state index contributed by atoms with van der Waals surface area (Å²) in [5.74, 6) is 2.77. The standard InChI is InChI=1S/C13H16ClN3O2S2/c14-11-5-8(1-2-10(11)12(15)18)17-13(19)16-6-9-7-20-3-4-21-9/h1-2,5,9H,3-4,6-7H2,(H2,15,18)(H2,16,17,19)/t9-/m0/s1. The Labute approximate surface area is 136 Å². The van der Waals surface area contributed by atoms with E-state index in [0.717, 1.165) is 11.5 Å². The lowest BCUT2D eigenvalue weighted by molar-refractivity contribution is 0.100. The molecule has 1 fully saturated rings. The van der Waals surface area contributed by atoms with Gasteiger partial charge in [0.05, 0.1) is 10.6 Å². The highest BCUT2D eigenvalue weighted by Gasteiger charge is 2.15. The van der Waals surface area contributed by atoms with Crippen molar-refractivity contribution < 1.29 is 9.59 Å². The van der Waals surface area contributed by atoms with Gasteiger partial charge in [0.15, 0.2) is 0 Å². The Balaban J connectivity index is 1.84. The molecule has 8 heteroatoms. The number of carbonyl (C=O) groups excluding carboxylic acids is 2. The van der Waals surface area contributed by atoms with Gasteiger partial charge in [0.1, 0.15) is 0 Å². The largest absolute Gasteiger partial charge is 0.366 e. The van der Waals surface area contributed by atoms with E-state index in [4.69, 9.17) is 17.3 Å². The van der Waals surface area contributed by atoms with Crippen LogP contribution in [0.1, 0.15) is 10.4 Å². The van der Waals surface area contributed by atoms with Gasteiger partial charge in [0.2, 0.25) is 5.91 Å². The van der Waals surface area contributed by atoms with E-state index in [1.54, 1.807) is 6.07 Å². The van der Waals surface area contributed by atoms with Gasteiger partial charge in [-0.2, -0.15) is 23.5 Å². The Morgan fingerprint density at radius 3 is 2.81 bits per heavy atom. The summed E-state index contributed by atoms with van der Waals surface area (Å²) in [6.45, 7) is 0.636. The quantitative estimate of drug-likeness (QED) is 0.782.